The van der Waals surface area contributed by atoms with Crippen LogP contribution in [0.1, 0.15) is 27.4 Å². The molecule has 14 heteroatoms. The van der Waals surface area contributed by atoms with Crippen LogP contribution < -0.4 is 20.4 Å². The Hall–Kier alpha value is -5.58. The molecule has 0 fully saturated rings. The largest absolute Gasteiger partial charge is 0.495 e. The van der Waals surface area contributed by atoms with E-state index < -0.39 is 21.5 Å². The van der Waals surface area contributed by atoms with Crippen molar-refractivity contribution in [2.75, 3.05) is 17.3 Å². The van der Waals surface area contributed by atoms with E-state index in [4.69, 9.17) is 16.3 Å². The van der Waals surface area contributed by atoms with Gasteiger partial charge in [0.1, 0.15) is 22.4 Å². The fraction of sp³-hybridized carbons (Fsp3) is 0.152. The highest BCUT2D eigenvalue weighted by molar-refractivity contribution is 7.92. The smallest absolute Gasteiger partial charge is 0.295 e. The SMILES string of the molecule is COc1ccccc1NS(=O)(=O)c1cc(NN=C(C#N)C(=O)c2cc(C)n(-c3c(C)n(C)n(-c4ccccc4)c3=O)c2C)ccc1Cl. The average Bonchev–Trinajstić information content (AvgIpc) is 3.46. The van der Waals surface area contributed by atoms with Gasteiger partial charge in [0.05, 0.1) is 34.9 Å². The summed E-state index contributed by atoms with van der Waals surface area (Å²) in [5, 5.41) is 13.8. The van der Waals surface area contributed by atoms with Crippen LogP contribution in [0.2, 0.25) is 5.02 Å². The molecule has 3 aromatic carbocycles. The molecule has 0 aliphatic heterocycles. The van der Waals surface area contributed by atoms with Crippen molar-refractivity contribution >= 4 is 44.5 Å². The summed E-state index contributed by atoms with van der Waals surface area (Å²) in [6, 6.07) is 23.1. The van der Waals surface area contributed by atoms with Gasteiger partial charge in [-0.3, -0.25) is 24.4 Å². The lowest BCUT2D eigenvalue weighted by molar-refractivity contribution is 0.106. The number of aromatic nitrogens is 3. The van der Waals surface area contributed by atoms with Crippen molar-refractivity contribution in [2.24, 2.45) is 12.1 Å². The lowest BCUT2D eigenvalue weighted by atomic mass is 10.1. The zero-order chi connectivity index (χ0) is 34.0. The number of benzene rings is 3. The molecule has 0 unspecified atom stereocenters. The van der Waals surface area contributed by atoms with E-state index >= 15 is 0 Å². The normalized spacial score (nSPS) is 11.6. The first kappa shape index (κ1) is 32.8. The number of nitriles is 1. The van der Waals surface area contributed by atoms with Crippen LogP contribution in [0.25, 0.3) is 11.4 Å². The average molecular weight is 672 g/mol. The molecule has 240 valence electrons. The minimum Gasteiger partial charge on any atom is -0.495 e. The van der Waals surface area contributed by atoms with E-state index in [2.05, 4.69) is 15.2 Å². The van der Waals surface area contributed by atoms with E-state index in [1.807, 2.05) is 43.3 Å². The number of halogens is 1. The van der Waals surface area contributed by atoms with Crippen molar-refractivity contribution in [3.63, 3.8) is 0 Å². The van der Waals surface area contributed by atoms with E-state index in [-0.39, 0.29) is 32.4 Å². The van der Waals surface area contributed by atoms with E-state index in [1.54, 1.807) is 59.1 Å². The number of methoxy groups -OCH3 is 1. The van der Waals surface area contributed by atoms with Crippen LogP contribution in [0.4, 0.5) is 11.4 Å². The van der Waals surface area contributed by atoms with Crippen molar-refractivity contribution in [1.29, 1.82) is 5.26 Å². The van der Waals surface area contributed by atoms with Gasteiger partial charge in [-0.25, -0.2) is 13.1 Å². The summed E-state index contributed by atoms with van der Waals surface area (Å²) >= 11 is 6.25. The number of ketones is 1. The van der Waals surface area contributed by atoms with E-state index in [0.29, 0.717) is 34.2 Å². The van der Waals surface area contributed by atoms with Crippen LogP contribution in [0, 0.1) is 32.1 Å². The molecule has 0 radical (unpaired) electrons. The molecule has 0 aliphatic carbocycles. The molecule has 2 aromatic heterocycles. The first-order valence-electron chi connectivity index (χ1n) is 14.2. The fourth-order valence-electron chi connectivity index (χ4n) is 5.23. The predicted octanol–water partition coefficient (Wildman–Crippen LogP) is 5.53. The summed E-state index contributed by atoms with van der Waals surface area (Å²) in [4.78, 5) is 27.0. The number of hydrogen-bond acceptors (Lipinski definition) is 8. The maximum absolute atomic E-state index is 13.7. The third-order valence-electron chi connectivity index (χ3n) is 7.61. The molecule has 2 N–H and O–H groups in total. The molecular formula is C33H30ClN7O5S. The Kier molecular flexibility index (Phi) is 9.10. The monoisotopic (exact) mass is 671 g/mol. The minimum absolute atomic E-state index is 0.0616. The maximum atomic E-state index is 13.7. The number of nitrogens with one attached hydrogen (secondary N) is 2. The Morgan fingerprint density at radius 3 is 2.34 bits per heavy atom. The number of nitrogens with zero attached hydrogens (tertiary/aromatic N) is 5. The van der Waals surface area contributed by atoms with E-state index in [0.717, 1.165) is 0 Å². The van der Waals surface area contributed by atoms with Gasteiger partial charge < -0.3 is 9.30 Å². The van der Waals surface area contributed by atoms with Crippen LogP contribution in [0.5, 0.6) is 5.75 Å². The summed E-state index contributed by atoms with van der Waals surface area (Å²) < 4.78 is 39.1. The van der Waals surface area contributed by atoms with Gasteiger partial charge in [-0.2, -0.15) is 10.4 Å². The standard InChI is InChI=1S/C33H30ClN7O5S/c1-20-17-25(21(2)40(20)31-22(3)39(4)41(33(31)43)24-11-7-6-8-12-24)32(42)28(19-35)37-36-23-15-16-26(34)30(18-23)47(44,45)38-27-13-9-10-14-29(27)46-5/h6-18,36,38H,1-5H3. The Balaban J connectivity index is 1.45. The third-order valence-corrected chi connectivity index (χ3v) is 9.46. The van der Waals surface area contributed by atoms with Gasteiger partial charge in [-0.15, -0.1) is 0 Å². The third kappa shape index (κ3) is 6.16. The number of para-hydroxylation sites is 3. The van der Waals surface area contributed by atoms with E-state index in [1.165, 1.54) is 31.4 Å². The summed E-state index contributed by atoms with van der Waals surface area (Å²) in [7, 11) is -0.982. The zero-order valence-corrected chi connectivity index (χ0v) is 27.6. The summed E-state index contributed by atoms with van der Waals surface area (Å²) in [5.41, 5.74) is 5.17. The molecule has 0 spiro atoms. The van der Waals surface area contributed by atoms with Crippen LogP contribution in [0.15, 0.2) is 93.7 Å². The molecule has 5 rings (SSSR count). The molecular weight excluding hydrogens is 642 g/mol. The van der Waals surface area contributed by atoms with E-state index in [9.17, 15) is 23.3 Å². The van der Waals surface area contributed by atoms with Crippen LogP contribution in [-0.4, -0.2) is 41.0 Å². The molecule has 0 bridgehead atoms. The molecule has 12 nitrogen and oxygen atoms in total. The molecule has 0 amide bonds. The molecule has 0 atom stereocenters. The number of rotatable bonds is 10. The number of carbonyl (C=O) groups is 1. The van der Waals surface area contributed by atoms with Gasteiger partial charge in [-0.1, -0.05) is 41.9 Å². The van der Waals surface area contributed by atoms with Crippen LogP contribution in [-0.2, 0) is 17.1 Å². The summed E-state index contributed by atoms with van der Waals surface area (Å²) in [6.45, 7) is 5.26. The molecule has 47 heavy (non-hydrogen) atoms. The predicted molar refractivity (Wildman–Crippen MR) is 181 cm³/mol. The topological polar surface area (TPSA) is 153 Å². The molecule has 0 saturated carbocycles. The number of aryl methyl sites for hydroxylation is 1. The number of carbonyl (C=O) groups excluding carboxylic acids is 1. The molecule has 2 heterocycles. The Morgan fingerprint density at radius 1 is 0.979 bits per heavy atom. The Labute approximate surface area is 276 Å². The zero-order valence-electron chi connectivity index (χ0n) is 26.1. The molecule has 5 aromatic rings. The highest BCUT2D eigenvalue weighted by atomic mass is 35.5. The van der Waals surface area contributed by atoms with Crippen LogP contribution >= 0.6 is 11.6 Å². The van der Waals surface area contributed by atoms with Gasteiger partial charge in [0.15, 0.2) is 0 Å². The van der Waals surface area contributed by atoms with Crippen molar-refractivity contribution < 1.29 is 17.9 Å². The number of anilines is 2. The van der Waals surface area contributed by atoms with Gasteiger partial charge >= 0.3 is 0 Å². The number of Topliss-reactive ketones (excluding diaryl/α,β-unsaturated/α-hetero) is 1. The van der Waals surface area contributed by atoms with Gasteiger partial charge in [-0.05, 0) is 69.3 Å². The number of sulfonamides is 1. The quantitative estimate of drug-likeness (QED) is 0.112. The highest BCUT2D eigenvalue weighted by Crippen LogP contribution is 2.30. The van der Waals surface area contributed by atoms with Gasteiger partial charge in [0.2, 0.25) is 11.5 Å². The van der Waals surface area contributed by atoms with Crippen molar-refractivity contribution in [1.82, 2.24) is 13.9 Å². The maximum Gasteiger partial charge on any atom is 0.295 e. The summed E-state index contributed by atoms with van der Waals surface area (Å²) in [6.07, 6.45) is 0. The number of hydrazone groups is 1. The van der Waals surface area contributed by atoms with Crippen molar-refractivity contribution in [2.45, 2.75) is 25.7 Å². The summed E-state index contributed by atoms with van der Waals surface area (Å²) in [5.74, 6) is -0.372. The second-order valence-corrected chi connectivity index (χ2v) is 12.6. The Bertz CT molecular complexity index is 2260. The first-order valence-corrected chi connectivity index (χ1v) is 16.0. The number of hydrogen-bond donors (Lipinski definition) is 2. The van der Waals surface area contributed by atoms with Crippen molar-refractivity contribution in [3.8, 4) is 23.2 Å². The second-order valence-electron chi connectivity index (χ2n) is 10.5. The minimum atomic E-state index is -4.18. The lowest BCUT2D eigenvalue weighted by Crippen LogP contribution is -2.22. The first-order chi connectivity index (χ1) is 22.4. The lowest BCUT2D eigenvalue weighted by Gasteiger charge is -2.13. The van der Waals surface area contributed by atoms with Crippen LogP contribution in [0.3, 0.4) is 0 Å². The fourth-order valence-corrected chi connectivity index (χ4v) is 6.83. The Morgan fingerprint density at radius 2 is 1.66 bits per heavy atom. The highest BCUT2D eigenvalue weighted by Gasteiger charge is 2.26. The van der Waals surface area contributed by atoms with Gasteiger partial charge in [0.25, 0.3) is 15.6 Å². The molecule has 0 saturated heterocycles. The second kappa shape index (κ2) is 13.0. The number of ether oxygens (including phenoxy) is 1. The van der Waals surface area contributed by atoms with Gasteiger partial charge in [0, 0.05) is 24.0 Å². The molecule has 0 aliphatic rings. The van der Waals surface area contributed by atoms with Crippen molar-refractivity contribution in [3.05, 3.63) is 117 Å².